The molecule has 0 aliphatic carbocycles. The van der Waals surface area contributed by atoms with Crippen LogP contribution in [0.1, 0.15) is 0 Å². The van der Waals surface area contributed by atoms with Gasteiger partial charge in [0.2, 0.25) is 0 Å². The van der Waals surface area contributed by atoms with Crippen molar-refractivity contribution in [3.8, 4) is 28.3 Å². The van der Waals surface area contributed by atoms with Crippen molar-refractivity contribution in [1.29, 1.82) is 0 Å². The van der Waals surface area contributed by atoms with E-state index in [2.05, 4.69) is 114 Å². The van der Waals surface area contributed by atoms with E-state index in [1.165, 1.54) is 21.0 Å². The summed E-state index contributed by atoms with van der Waals surface area (Å²) in [5, 5.41) is 5.86. The summed E-state index contributed by atoms with van der Waals surface area (Å²) in [6.45, 7) is 0. The van der Waals surface area contributed by atoms with Crippen molar-refractivity contribution in [2.45, 2.75) is 0 Å². The highest BCUT2D eigenvalue weighted by Gasteiger charge is 2.20. The molecule has 4 aromatic heterocycles. The molecule has 0 bridgehead atoms. The third-order valence-electron chi connectivity index (χ3n) is 8.83. The minimum Gasteiger partial charge on any atom is -0.456 e. The van der Waals surface area contributed by atoms with E-state index in [9.17, 15) is 0 Å². The zero-order chi connectivity index (χ0) is 29.5. The number of hydrogen-bond acceptors (Lipinski definition) is 4. The van der Waals surface area contributed by atoms with Crippen LogP contribution in [0.15, 0.2) is 144 Å². The quantitative estimate of drug-likeness (QED) is 0.205. The second-order valence-corrected chi connectivity index (χ2v) is 12.4. The number of rotatable bonds is 3. The Labute approximate surface area is 261 Å². The van der Waals surface area contributed by atoms with Crippen LogP contribution in [0.2, 0.25) is 0 Å². The van der Waals surface area contributed by atoms with E-state index in [0.29, 0.717) is 0 Å². The van der Waals surface area contributed by atoms with Crippen LogP contribution in [0.4, 0.5) is 0 Å². The van der Waals surface area contributed by atoms with E-state index >= 15 is 0 Å². The Kier molecular flexibility index (Phi) is 5.12. The van der Waals surface area contributed by atoms with Gasteiger partial charge in [0.05, 0.1) is 32.3 Å². The van der Waals surface area contributed by atoms with Crippen molar-refractivity contribution < 1.29 is 4.42 Å². The van der Waals surface area contributed by atoms with Gasteiger partial charge in [0.1, 0.15) is 11.2 Å². The van der Waals surface area contributed by atoms with Crippen LogP contribution in [0, 0.1) is 0 Å². The highest BCUT2D eigenvalue weighted by molar-refractivity contribution is 7.26. The molecule has 0 fully saturated rings. The van der Waals surface area contributed by atoms with Crippen molar-refractivity contribution in [1.82, 2.24) is 14.5 Å². The predicted octanol–water partition coefficient (Wildman–Crippen LogP) is 11.2. The molecule has 45 heavy (non-hydrogen) atoms. The fraction of sp³-hybridized carbons (Fsp3) is 0. The number of benzene rings is 6. The van der Waals surface area contributed by atoms with Gasteiger partial charge >= 0.3 is 0 Å². The van der Waals surface area contributed by atoms with E-state index in [0.717, 1.165) is 71.4 Å². The predicted molar refractivity (Wildman–Crippen MR) is 187 cm³/mol. The smallest absolute Gasteiger partial charge is 0.160 e. The van der Waals surface area contributed by atoms with Gasteiger partial charge in [0.15, 0.2) is 5.82 Å². The average molecular weight is 594 g/mol. The molecule has 210 valence electrons. The number of fused-ring (bicyclic) bond motifs is 10. The van der Waals surface area contributed by atoms with E-state index in [4.69, 9.17) is 14.4 Å². The van der Waals surface area contributed by atoms with Crippen LogP contribution >= 0.6 is 11.3 Å². The van der Waals surface area contributed by atoms with E-state index in [1.54, 1.807) is 11.3 Å². The lowest BCUT2D eigenvalue weighted by Gasteiger charge is -2.11. The second kappa shape index (κ2) is 9.36. The van der Waals surface area contributed by atoms with Gasteiger partial charge in [-0.15, -0.1) is 11.3 Å². The fourth-order valence-electron chi connectivity index (χ4n) is 6.80. The van der Waals surface area contributed by atoms with Crippen LogP contribution in [-0.4, -0.2) is 14.5 Å². The molecule has 0 amide bonds. The van der Waals surface area contributed by atoms with Gasteiger partial charge in [0.25, 0.3) is 0 Å². The van der Waals surface area contributed by atoms with Gasteiger partial charge in [-0.05, 0) is 42.5 Å². The molecule has 0 spiro atoms. The summed E-state index contributed by atoms with van der Waals surface area (Å²) >= 11 is 1.76. The molecule has 6 aromatic carbocycles. The maximum Gasteiger partial charge on any atom is 0.160 e. The van der Waals surface area contributed by atoms with E-state index in [1.807, 2.05) is 30.3 Å². The summed E-state index contributed by atoms with van der Waals surface area (Å²) in [7, 11) is 0. The van der Waals surface area contributed by atoms with Crippen LogP contribution in [0.3, 0.4) is 0 Å². The first-order chi connectivity index (χ1) is 22.3. The Morgan fingerprint density at radius 1 is 0.533 bits per heavy atom. The van der Waals surface area contributed by atoms with Crippen LogP contribution in [0.25, 0.3) is 92.4 Å². The molecule has 0 N–H and O–H groups in total. The zero-order valence-electron chi connectivity index (χ0n) is 23.9. The molecule has 0 saturated heterocycles. The normalized spacial score (nSPS) is 12.0. The molecule has 0 saturated carbocycles. The molecule has 0 radical (unpaired) electrons. The number of para-hydroxylation sites is 2. The summed E-state index contributed by atoms with van der Waals surface area (Å²) in [5.41, 5.74) is 9.24. The number of furan rings is 1. The molecule has 10 rings (SSSR count). The number of thiophene rings is 1. The molecule has 0 unspecified atom stereocenters. The van der Waals surface area contributed by atoms with Gasteiger partial charge < -0.3 is 8.98 Å². The maximum atomic E-state index is 6.31. The zero-order valence-corrected chi connectivity index (χ0v) is 24.8. The summed E-state index contributed by atoms with van der Waals surface area (Å²) in [4.78, 5) is 10.3. The topological polar surface area (TPSA) is 43.9 Å². The SMILES string of the molecule is c1ccc(-c2nc(-c3ccc(-n4c5ccccc5c5ccc6oc7ccccc7c6c54)cc3)c3sc4ccccc4c3n2)cc1. The molecule has 4 nitrogen and oxygen atoms in total. The number of aromatic nitrogens is 3. The molecule has 0 atom stereocenters. The summed E-state index contributed by atoms with van der Waals surface area (Å²) in [6.07, 6.45) is 0. The number of hydrogen-bond donors (Lipinski definition) is 0. The largest absolute Gasteiger partial charge is 0.456 e. The van der Waals surface area contributed by atoms with Crippen molar-refractivity contribution in [3.63, 3.8) is 0 Å². The van der Waals surface area contributed by atoms with Crippen molar-refractivity contribution >= 4 is 75.4 Å². The molecule has 0 aliphatic heterocycles. The van der Waals surface area contributed by atoms with Gasteiger partial charge in [-0.1, -0.05) is 97.1 Å². The van der Waals surface area contributed by atoms with Crippen LogP contribution in [-0.2, 0) is 0 Å². The van der Waals surface area contributed by atoms with Gasteiger partial charge in [0, 0.05) is 43.1 Å². The minimum absolute atomic E-state index is 0.738. The third kappa shape index (κ3) is 3.59. The molecule has 5 heteroatoms. The Balaban J connectivity index is 1.23. The van der Waals surface area contributed by atoms with Crippen LogP contribution < -0.4 is 0 Å². The van der Waals surface area contributed by atoms with Gasteiger partial charge in [-0.2, -0.15) is 0 Å². The molecule has 10 aromatic rings. The second-order valence-electron chi connectivity index (χ2n) is 11.4. The van der Waals surface area contributed by atoms with Crippen molar-refractivity contribution in [2.75, 3.05) is 0 Å². The first-order valence-electron chi connectivity index (χ1n) is 15.0. The molecule has 0 aliphatic rings. The Morgan fingerprint density at radius 3 is 2.13 bits per heavy atom. The lowest BCUT2D eigenvalue weighted by Crippen LogP contribution is -1.96. The maximum absolute atomic E-state index is 6.31. The van der Waals surface area contributed by atoms with Gasteiger partial charge in [-0.25, -0.2) is 9.97 Å². The van der Waals surface area contributed by atoms with Crippen molar-refractivity contribution in [2.24, 2.45) is 0 Å². The highest BCUT2D eigenvalue weighted by atomic mass is 32.1. The summed E-state index contributed by atoms with van der Waals surface area (Å²) in [5.74, 6) is 0.738. The van der Waals surface area contributed by atoms with E-state index < -0.39 is 0 Å². The van der Waals surface area contributed by atoms with Crippen LogP contribution in [0.5, 0.6) is 0 Å². The lowest BCUT2D eigenvalue weighted by molar-refractivity contribution is 0.669. The first-order valence-corrected chi connectivity index (χ1v) is 15.8. The minimum atomic E-state index is 0.738. The average Bonchev–Trinajstić information content (AvgIpc) is 3.78. The van der Waals surface area contributed by atoms with Gasteiger partial charge in [-0.3, -0.25) is 0 Å². The fourth-order valence-corrected chi connectivity index (χ4v) is 7.96. The standard InChI is InChI=1S/C40H23N3OS/c1-2-10-25(11-3-1)40-41-36(39-37(42-40)30-14-6-9-17-34(30)45-39)24-18-20-26(21-19-24)43-31-15-7-4-12-27(31)28-22-23-33-35(38(28)43)29-13-5-8-16-32(29)44-33/h1-23H. The summed E-state index contributed by atoms with van der Waals surface area (Å²) < 4.78 is 11.0. The van der Waals surface area contributed by atoms with Crippen molar-refractivity contribution in [3.05, 3.63) is 140 Å². The first kappa shape index (κ1) is 24.6. The monoisotopic (exact) mass is 593 g/mol. The number of nitrogens with zero attached hydrogens (tertiary/aromatic N) is 3. The lowest BCUT2D eigenvalue weighted by atomic mass is 10.1. The van der Waals surface area contributed by atoms with E-state index in [-0.39, 0.29) is 0 Å². The molecular weight excluding hydrogens is 571 g/mol. The Morgan fingerprint density at radius 2 is 1.27 bits per heavy atom. The Bertz CT molecular complexity index is 2750. The summed E-state index contributed by atoms with van der Waals surface area (Å²) in [6, 6.07) is 48.8. The third-order valence-corrected chi connectivity index (χ3v) is 9.99. The highest BCUT2D eigenvalue weighted by Crippen LogP contribution is 2.42. The molecular formula is C40H23N3OS. The Hall–Kier alpha value is -5.78. The molecule has 4 heterocycles.